The van der Waals surface area contributed by atoms with E-state index in [2.05, 4.69) is 9.47 Å². The molecule has 0 bridgehead atoms. The van der Waals surface area contributed by atoms with E-state index in [9.17, 15) is 45.5 Å². The molecule has 0 amide bonds. The Morgan fingerprint density at radius 2 is 1.41 bits per heavy atom. The van der Waals surface area contributed by atoms with Gasteiger partial charge in [-0.25, -0.2) is 14.4 Å². The van der Waals surface area contributed by atoms with Gasteiger partial charge in [-0.3, -0.25) is 4.79 Å². The molecule has 0 saturated heterocycles. The first-order valence-corrected chi connectivity index (χ1v) is 8.52. The summed E-state index contributed by atoms with van der Waals surface area (Å²) in [5, 5.41) is 0. The van der Waals surface area contributed by atoms with Gasteiger partial charge in [0.25, 0.3) is 0 Å². The van der Waals surface area contributed by atoms with Crippen molar-refractivity contribution in [3.8, 4) is 0 Å². The van der Waals surface area contributed by atoms with Crippen LogP contribution in [0.15, 0.2) is 36.4 Å². The minimum Gasteiger partial charge on any atom is -0.465 e. The number of aldehydes is 1. The van der Waals surface area contributed by atoms with Crippen molar-refractivity contribution in [2.45, 2.75) is 17.8 Å². The average molecular weight is 460 g/mol. The van der Waals surface area contributed by atoms with Gasteiger partial charge in [0.15, 0.2) is 6.29 Å². The lowest BCUT2D eigenvalue weighted by Crippen LogP contribution is -2.55. The Kier molecular flexibility index (Phi) is 5.36. The first-order valence-electron chi connectivity index (χ1n) is 8.52. The Bertz CT molecular complexity index is 1130. The highest BCUT2D eigenvalue weighted by Gasteiger charge is 2.72. The maximum absolute atomic E-state index is 14.3. The lowest BCUT2D eigenvalue weighted by atomic mass is 9.71. The summed E-state index contributed by atoms with van der Waals surface area (Å²) < 4.78 is 94.2. The van der Waals surface area contributed by atoms with Gasteiger partial charge in [0.05, 0.1) is 23.8 Å². The van der Waals surface area contributed by atoms with Crippen molar-refractivity contribution in [2.24, 2.45) is 0 Å². The lowest BCUT2D eigenvalue weighted by molar-refractivity contribution is -0.288. The molecule has 0 atom stereocenters. The van der Waals surface area contributed by atoms with E-state index < -0.39 is 69.1 Å². The summed E-state index contributed by atoms with van der Waals surface area (Å²) in [6.45, 7) is 0. The number of carbonyl (C=O) groups is 4. The van der Waals surface area contributed by atoms with Crippen LogP contribution in [0.4, 0.5) is 26.3 Å². The van der Waals surface area contributed by atoms with Crippen molar-refractivity contribution in [1.82, 2.24) is 0 Å². The second kappa shape index (κ2) is 7.46. The van der Waals surface area contributed by atoms with Crippen molar-refractivity contribution in [1.29, 1.82) is 0 Å². The number of rotatable bonds is 4. The number of esters is 3. The van der Waals surface area contributed by atoms with Gasteiger partial charge in [-0.05, 0) is 29.3 Å². The summed E-state index contributed by atoms with van der Waals surface area (Å²) in [6.07, 6.45) is -12.0. The Balaban J connectivity index is 2.43. The van der Waals surface area contributed by atoms with Crippen LogP contribution in [0.3, 0.4) is 0 Å². The van der Waals surface area contributed by atoms with E-state index >= 15 is 0 Å². The fourth-order valence-electron chi connectivity index (χ4n) is 3.48. The number of methoxy groups -OCH3 is 1. The van der Waals surface area contributed by atoms with E-state index in [4.69, 9.17) is 0 Å². The molecule has 0 unspecified atom stereocenters. The standard InChI is InChI=1S/C20H10F6O6/c1-31-15(28)13-6-10(3-2-9(13)8-27)18(19(21,22)23,20(24,25)26)11-4-5-12-14(7-11)17(30)32-16(12)29/h2-8H,1H3. The molecule has 2 aromatic rings. The quantitative estimate of drug-likeness (QED) is 0.297. The van der Waals surface area contributed by atoms with Gasteiger partial charge >= 0.3 is 30.3 Å². The van der Waals surface area contributed by atoms with Gasteiger partial charge in [-0.1, -0.05) is 18.2 Å². The Morgan fingerprint density at radius 1 is 0.875 bits per heavy atom. The van der Waals surface area contributed by atoms with E-state index in [1.54, 1.807) is 0 Å². The highest BCUT2D eigenvalue weighted by molar-refractivity contribution is 6.14. The van der Waals surface area contributed by atoms with Gasteiger partial charge in [0.2, 0.25) is 5.41 Å². The van der Waals surface area contributed by atoms with Crippen LogP contribution < -0.4 is 0 Å². The zero-order chi connectivity index (χ0) is 24.1. The summed E-state index contributed by atoms with van der Waals surface area (Å²) >= 11 is 0. The highest BCUT2D eigenvalue weighted by atomic mass is 19.4. The van der Waals surface area contributed by atoms with Crippen LogP contribution >= 0.6 is 0 Å². The van der Waals surface area contributed by atoms with Crippen LogP contribution in [0.25, 0.3) is 0 Å². The van der Waals surface area contributed by atoms with Crippen LogP contribution in [0.2, 0.25) is 0 Å². The number of fused-ring (bicyclic) bond motifs is 1. The summed E-state index contributed by atoms with van der Waals surface area (Å²) in [7, 11) is 0.827. The van der Waals surface area contributed by atoms with Gasteiger partial charge in [0.1, 0.15) is 0 Å². The van der Waals surface area contributed by atoms with E-state index in [0.717, 1.165) is 7.11 Å². The first-order chi connectivity index (χ1) is 14.8. The van der Waals surface area contributed by atoms with Gasteiger partial charge in [-0.15, -0.1) is 0 Å². The SMILES string of the molecule is COC(=O)c1cc(C(c2ccc3c(c2)C(=O)OC3=O)(C(F)(F)F)C(F)(F)F)ccc1C=O. The number of alkyl halides is 6. The van der Waals surface area contributed by atoms with E-state index in [1.807, 2.05) is 0 Å². The van der Waals surface area contributed by atoms with Crippen molar-refractivity contribution in [3.63, 3.8) is 0 Å². The number of hydrogen-bond acceptors (Lipinski definition) is 6. The first kappa shape index (κ1) is 23.0. The average Bonchev–Trinajstić information content (AvgIpc) is 2.99. The van der Waals surface area contributed by atoms with Crippen molar-refractivity contribution in [2.75, 3.05) is 7.11 Å². The maximum atomic E-state index is 14.3. The number of carbonyl (C=O) groups excluding carboxylic acids is 4. The van der Waals surface area contributed by atoms with Crippen molar-refractivity contribution in [3.05, 3.63) is 69.8 Å². The fraction of sp³-hybridized carbons (Fsp3) is 0.200. The molecule has 0 aliphatic carbocycles. The fourth-order valence-corrected chi connectivity index (χ4v) is 3.48. The predicted octanol–water partition coefficient (Wildman–Crippen LogP) is 4.01. The Morgan fingerprint density at radius 3 is 1.94 bits per heavy atom. The molecule has 6 nitrogen and oxygen atoms in total. The van der Waals surface area contributed by atoms with Crippen LogP contribution in [-0.2, 0) is 14.9 Å². The molecule has 1 aliphatic rings. The summed E-state index contributed by atoms with van der Waals surface area (Å²) in [5.41, 5.74) is -10.2. The molecule has 168 valence electrons. The molecule has 12 heteroatoms. The van der Waals surface area contributed by atoms with Crippen LogP contribution in [0.1, 0.15) is 52.6 Å². The molecule has 2 aromatic carbocycles. The summed E-state index contributed by atoms with van der Waals surface area (Å²) in [5.74, 6) is -3.96. The number of ether oxygens (including phenoxy) is 2. The van der Waals surface area contributed by atoms with Crippen LogP contribution in [0, 0.1) is 0 Å². The molecule has 32 heavy (non-hydrogen) atoms. The largest absolute Gasteiger partial charge is 0.465 e. The molecule has 1 heterocycles. The van der Waals surface area contributed by atoms with E-state index in [0.29, 0.717) is 24.3 Å². The Labute approximate surface area is 174 Å². The monoisotopic (exact) mass is 460 g/mol. The minimum atomic E-state index is -6.04. The number of hydrogen-bond donors (Lipinski definition) is 0. The van der Waals surface area contributed by atoms with Gasteiger partial charge in [0, 0.05) is 5.56 Å². The van der Waals surface area contributed by atoms with E-state index in [-0.39, 0.29) is 18.4 Å². The third-order valence-corrected chi connectivity index (χ3v) is 4.95. The smallest absolute Gasteiger partial charge is 0.411 e. The van der Waals surface area contributed by atoms with E-state index in [1.165, 1.54) is 0 Å². The number of halogens is 6. The van der Waals surface area contributed by atoms with Gasteiger partial charge in [-0.2, -0.15) is 26.3 Å². The lowest BCUT2D eigenvalue weighted by Gasteiger charge is -2.38. The van der Waals surface area contributed by atoms with Crippen molar-refractivity contribution < 1.29 is 55.0 Å². The third kappa shape index (κ3) is 3.22. The molecule has 0 radical (unpaired) electrons. The minimum absolute atomic E-state index is 0.0654. The molecule has 0 saturated carbocycles. The van der Waals surface area contributed by atoms with Crippen LogP contribution in [0.5, 0.6) is 0 Å². The Hall–Kier alpha value is -3.70. The predicted molar refractivity (Wildman–Crippen MR) is 92.2 cm³/mol. The molecule has 3 rings (SSSR count). The molecular formula is C20H10F6O6. The molecular weight excluding hydrogens is 450 g/mol. The normalized spacial score (nSPS) is 14.1. The topological polar surface area (TPSA) is 86.7 Å². The second-order valence-electron chi connectivity index (χ2n) is 6.59. The van der Waals surface area contributed by atoms with Crippen LogP contribution in [-0.4, -0.2) is 43.7 Å². The number of cyclic esters (lactones) is 2. The molecule has 0 aromatic heterocycles. The zero-order valence-corrected chi connectivity index (χ0v) is 15.8. The van der Waals surface area contributed by atoms with Crippen molar-refractivity contribution >= 4 is 24.2 Å². The highest BCUT2D eigenvalue weighted by Crippen LogP contribution is 2.56. The molecule has 1 aliphatic heterocycles. The second-order valence-corrected chi connectivity index (χ2v) is 6.59. The summed E-state index contributed by atoms with van der Waals surface area (Å²) in [4.78, 5) is 46.3. The van der Waals surface area contributed by atoms with Gasteiger partial charge < -0.3 is 9.47 Å². The zero-order valence-electron chi connectivity index (χ0n) is 15.8. The summed E-state index contributed by atoms with van der Waals surface area (Å²) in [6, 6.07) is 2.55. The molecule has 0 spiro atoms. The number of benzene rings is 2. The molecule has 0 N–H and O–H groups in total. The maximum Gasteiger partial charge on any atom is 0.411 e. The molecule has 0 fully saturated rings. The third-order valence-electron chi connectivity index (χ3n) is 4.95.